The molecular formula is C29H31ClN2O6. The number of benzene rings is 2. The molecule has 2 saturated heterocycles. The molecule has 3 aliphatic heterocycles. The average molecular weight is 539 g/mol. The molecule has 0 unspecified atom stereocenters. The molecule has 1 spiro atoms. The van der Waals surface area contributed by atoms with Crippen LogP contribution in [0.15, 0.2) is 54.7 Å². The predicted molar refractivity (Wildman–Crippen MR) is 142 cm³/mol. The lowest BCUT2D eigenvalue weighted by atomic mass is 9.86. The number of rotatable bonds is 5. The molecule has 4 heterocycles. The number of amides is 1. The first kappa shape index (κ1) is 25.1. The maximum absolute atomic E-state index is 13.5. The van der Waals surface area contributed by atoms with Gasteiger partial charge in [0.2, 0.25) is 0 Å². The zero-order valence-corrected chi connectivity index (χ0v) is 22.5. The lowest BCUT2D eigenvalue weighted by Gasteiger charge is -2.45. The first-order chi connectivity index (χ1) is 18.3. The van der Waals surface area contributed by atoms with Gasteiger partial charge in [0.1, 0.15) is 18.5 Å². The number of aromatic nitrogens is 1. The van der Waals surface area contributed by atoms with Gasteiger partial charge in [0, 0.05) is 48.8 Å². The monoisotopic (exact) mass is 538 g/mol. The van der Waals surface area contributed by atoms with Gasteiger partial charge in [0.25, 0.3) is 5.91 Å². The number of fused-ring (bicyclic) bond motifs is 4. The molecule has 2 aromatic carbocycles. The molecule has 200 valence electrons. The van der Waals surface area contributed by atoms with E-state index in [1.165, 1.54) is 0 Å². The lowest BCUT2D eigenvalue weighted by Crippen LogP contribution is -2.50. The first-order valence-corrected chi connectivity index (χ1v) is 13.2. The number of nitrogens with zero attached hydrogens (tertiary/aromatic N) is 2. The highest BCUT2D eigenvalue weighted by Crippen LogP contribution is 2.46. The van der Waals surface area contributed by atoms with Crippen molar-refractivity contribution < 1.29 is 28.5 Å². The van der Waals surface area contributed by atoms with Crippen LogP contribution in [0.1, 0.15) is 42.7 Å². The number of halogens is 1. The minimum Gasteiger partial charge on any atom is -0.493 e. The molecule has 9 heteroatoms. The number of piperidine rings is 1. The van der Waals surface area contributed by atoms with Crippen LogP contribution in [-0.2, 0) is 15.1 Å². The Kier molecular flexibility index (Phi) is 6.29. The average Bonchev–Trinajstić information content (AvgIpc) is 3.54. The Bertz CT molecular complexity index is 1360. The summed E-state index contributed by atoms with van der Waals surface area (Å²) in [7, 11) is 1.57. The SMILES string of the molecule is COc1cc(C(=O)N2CCC3(CC2)Oc2cc(Cl)ccc2-n2cccc23)ccc1OC[C@H]1COC(C)(C)O1. The molecular weight excluding hydrogens is 508 g/mol. The molecule has 0 N–H and O–H groups in total. The van der Waals surface area contributed by atoms with Crippen molar-refractivity contribution >= 4 is 17.5 Å². The highest BCUT2D eigenvalue weighted by Gasteiger charge is 2.44. The molecule has 1 amide bonds. The van der Waals surface area contributed by atoms with Crippen LogP contribution < -0.4 is 14.2 Å². The smallest absolute Gasteiger partial charge is 0.253 e. The molecule has 6 rings (SSSR count). The summed E-state index contributed by atoms with van der Waals surface area (Å²) in [6, 6.07) is 15.1. The Balaban J connectivity index is 1.14. The van der Waals surface area contributed by atoms with Crippen LogP contribution in [-0.4, -0.2) is 60.7 Å². The van der Waals surface area contributed by atoms with Gasteiger partial charge in [-0.05, 0) is 56.3 Å². The second-order valence-corrected chi connectivity index (χ2v) is 10.8. The van der Waals surface area contributed by atoms with Crippen LogP contribution in [0.2, 0.25) is 5.02 Å². The second kappa shape index (κ2) is 9.52. The van der Waals surface area contributed by atoms with E-state index in [1.807, 2.05) is 49.2 Å². The number of hydrogen-bond acceptors (Lipinski definition) is 6. The van der Waals surface area contributed by atoms with Crippen molar-refractivity contribution in [2.45, 2.75) is 44.2 Å². The third-order valence-electron chi connectivity index (χ3n) is 7.46. The van der Waals surface area contributed by atoms with Gasteiger partial charge < -0.3 is 33.2 Å². The summed E-state index contributed by atoms with van der Waals surface area (Å²) in [5.74, 6) is 1.17. The molecule has 3 aliphatic rings. The Morgan fingerprint density at radius 3 is 2.66 bits per heavy atom. The van der Waals surface area contributed by atoms with E-state index in [-0.39, 0.29) is 12.0 Å². The van der Waals surface area contributed by atoms with Crippen molar-refractivity contribution in [1.29, 1.82) is 0 Å². The molecule has 38 heavy (non-hydrogen) atoms. The fourth-order valence-corrected chi connectivity index (χ4v) is 5.72. The number of carbonyl (C=O) groups excluding carboxylic acids is 1. The highest BCUT2D eigenvalue weighted by atomic mass is 35.5. The van der Waals surface area contributed by atoms with Crippen molar-refractivity contribution in [3.8, 4) is 22.9 Å². The van der Waals surface area contributed by atoms with Gasteiger partial charge in [-0.25, -0.2) is 0 Å². The summed E-state index contributed by atoms with van der Waals surface area (Å²) in [6.07, 6.45) is 3.23. The van der Waals surface area contributed by atoms with Crippen molar-refractivity contribution in [2.75, 3.05) is 33.4 Å². The van der Waals surface area contributed by atoms with Crippen molar-refractivity contribution in [1.82, 2.24) is 9.47 Å². The standard InChI is InChI=1S/C29H31ClN2O6/c1-28(2)36-18-21(37-28)17-35-23-9-6-19(15-25(23)34-3)27(33)31-13-10-29(11-14-31)26-5-4-12-32(26)22-8-7-20(30)16-24(22)38-29/h4-9,12,15-16,21H,10-11,13-14,17-18H2,1-3H3/t21-/m0/s1. The minimum absolute atomic E-state index is 0.0476. The highest BCUT2D eigenvalue weighted by molar-refractivity contribution is 6.30. The van der Waals surface area contributed by atoms with Gasteiger partial charge in [0.05, 0.1) is 25.1 Å². The number of ether oxygens (including phenoxy) is 5. The summed E-state index contributed by atoms with van der Waals surface area (Å²) < 4.78 is 31.6. The van der Waals surface area contributed by atoms with Gasteiger partial charge in [-0.1, -0.05) is 11.6 Å². The zero-order valence-electron chi connectivity index (χ0n) is 21.7. The third-order valence-corrected chi connectivity index (χ3v) is 7.70. The number of carbonyl (C=O) groups is 1. The van der Waals surface area contributed by atoms with Crippen LogP contribution >= 0.6 is 11.6 Å². The quantitative estimate of drug-likeness (QED) is 0.445. The molecule has 0 bridgehead atoms. The van der Waals surface area contributed by atoms with E-state index in [4.69, 9.17) is 35.3 Å². The fraction of sp³-hybridized carbons (Fsp3) is 0.414. The molecule has 0 aliphatic carbocycles. The molecule has 1 atom stereocenters. The third kappa shape index (κ3) is 4.51. The molecule has 2 fully saturated rings. The fourth-order valence-electron chi connectivity index (χ4n) is 5.55. The van der Waals surface area contributed by atoms with Gasteiger partial charge in [-0.3, -0.25) is 4.79 Å². The zero-order chi connectivity index (χ0) is 26.5. The Hall–Kier alpha value is -3.20. The van der Waals surface area contributed by atoms with Crippen molar-refractivity contribution in [3.63, 3.8) is 0 Å². The number of hydrogen-bond donors (Lipinski definition) is 0. The molecule has 3 aromatic rings. The van der Waals surface area contributed by atoms with Gasteiger partial charge in [-0.15, -0.1) is 0 Å². The van der Waals surface area contributed by atoms with Crippen molar-refractivity contribution in [2.24, 2.45) is 0 Å². The maximum Gasteiger partial charge on any atom is 0.253 e. The summed E-state index contributed by atoms with van der Waals surface area (Å²) in [4.78, 5) is 15.3. The summed E-state index contributed by atoms with van der Waals surface area (Å²) >= 11 is 6.26. The van der Waals surface area contributed by atoms with E-state index in [1.54, 1.807) is 25.3 Å². The van der Waals surface area contributed by atoms with Gasteiger partial charge in [-0.2, -0.15) is 0 Å². The van der Waals surface area contributed by atoms with E-state index < -0.39 is 11.4 Å². The van der Waals surface area contributed by atoms with E-state index >= 15 is 0 Å². The molecule has 0 radical (unpaired) electrons. The van der Waals surface area contributed by atoms with Crippen LogP contribution in [0, 0.1) is 0 Å². The van der Waals surface area contributed by atoms with Crippen molar-refractivity contribution in [3.05, 3.63) is 71.0 Å². The topological polar surface area (TPSA) is 71.4 Å². The van der Waals surface area contributed by atoms with Crippen LogP contribution in [0.3, 0.4) is 0 Å². The van der Waals surface area contributed by atoms with Crippen LogP contribution in [0.25, 0.3) is 5.69 Å². The summed E-state index contributed by atoms with van der Waals surface area (Å²) in [5, 5.41) is 0.636. The predicted octanol–water partition coefficient (Wildman–Crippen LogP) is 5.19. The van der Waals surface area contributed by atoms with E-state index in [0.717, 1.165) is 17.1 Å². The normalized spacial score (nSPS) is 20.9. The lowest BCUT2D eigenvalue weighted by molar-refractivity contribution is -0.141. The second-order valence-electron chi connectivity index (χ2n) is 10.4. The van der Waals surface area contributed by atoms with E-state index in [0.29, 0.717) is 61.2 Å². The van der Waals surface area contributed by atoms with Gasteiger partial charge in [0.15, 0.2) is 22.9 Å². The minimum atomic E-state index is -0.608. The van der Waals surface area contributed by atoms with E-state index in [2.05, 4.69) is 10.6 Å². The van der Waals surface area contributed by atoms with E-state index in [9.17, 15) is 4.79 Å². The largest absolute Gasteiger partial charge is 0.493 e. The molecule has 8 nitrogen and oxygen atoms in total. The molecule has 0 saturated carbocycles. The number of methoxy groups -OCH3 is 1. The van der Waals surface area contributed by atoms with Crippen LogP contribution in [0.5, 0.6) is 17.2 Å². The number of likely N-dealkylation sites (tertiary alicyclic amines) is 1. The summed E-state index contributed by atoms with van der Waals surface area (Å²) in [6.45, 7) is 5.68. The summed E-state index contributed by atoms with van der Waals surface area (Å²) in [5.41, 5.74) is 2.12. The Labute approximate surface area is 226 Å². The Morgan fingerprint density at radius 2 is 1.92 bits per heavy atom. The first-order valence-electron chi connectivity index (χ1n) is 12.9. The maximum atomic E-state index is 13.5. The van der Waals surface area contributed by atoms with Gasteiger partial charge >= 0.3 is 0 Å². The molecule has 1 aromatic heterocycles. The Morgan fingerprint density at radius 1 is 1.11 bits per heavy atom. The van der Waals surface area contributed by atoms with Crippen LogP contribution in [0.4, 0.5) is 0 Å².